The molecule has 0 bridgehead atoms. The summed E-state index contributed by atoms with van der Waals surface area (Å²) in [5.74, 6) is 0.225. The third kappa shape index (κ3) is 5.88. The van der Waals surface area contributed by atoms with Crippen molar-refractivity contribution in [1.29, 1.82) is 0 Å². The molecule has 0 fully saturated rings. The predicted octanol–water partition coefficient (Wildman–Crippen LogP) is 3.98. The third-order valence-corrected chi connectivity index (χ3v) is 2.79. The summed E-state index contributed by atoms with van der Waals surface area (Å²) in [6, 6.07) is 0. The summed E-state index contributed by atoms with van der Waals surface area (Å²) in [4.78, 5) is 0. The zero-order chi connectivity index (χ0) is 8.91. The molecule has 0 heterocycles. The Morgan fingerprint density at radius 2 is 2.09 bits per heavy atom. The average molecular weight is 272 g/mol. The first-order chi connectivity index (χ1) is 5.02. The van der Waals surface area contributed by atoms with Crippen LogP contribution in [0.15, 0.2) is 0 Å². The van der Waals surface area contributed by atoms with Crippen LogP contribution in [0.2, 0.25) is 0 Å². The van der Waals surface area contributed by atoms with Crippen LogP contribution in [0.4, 0.5) is 4.39 Å². The highest BCUT2D eigenvalue weighted by molar-refractivity contribution is 14.1. The van der Waals surface area contributed by atoms with E-state index in [4.69, 9.17) is 0 Å². The van der Waals surface area contributed by atoms with E-state index in [2.05, 4.69) is 36.4 Å². The molecule has 11 heavy (non-hydrogen) atoms. The quantitative estimate of drug-likeness (QED) is 0.524. The molecular weight excluding hydrogens is 254 g/mol. The molecule has 0 amide bonds. The van der Waals surface area contributed by atoms with Crippen LogP contribution in [0.5, 0.6) is 0 Å². The summed E-state index contributed by atoms with van der Waals surface area (Å²) in [5.41, 5.74) is 0. The summed E-state index contributed by atoms with van der Waals surface area (Å²) in [6.07, 6.45) is 3.38. The van der Waals surface area contributed by atoms with E-state index in [1.807, 2.05) is 6.92 Å². The van der Waals surface area contributed by atoms with Crippen LogP contribution in [0.1, 0.15) is 40.0 Å². The smallest absolute Gasteiger partial charge is 0.0920 e. The van der Waals surface area contributed by atoms with Crippen molar-refractivity contribution in [1.82, 2.24) is 0 Å². The maximum Gasteiger partial charge on any atom is 0.0920 e. The van der Waals surface area contributed by atoms with Crippen LogP contribution in [0.3, 0.4) is 0 Å². The predicted molar refractivity (Wildman–Crippen MR) is 57.1 cm³/mol. The minimum atomic E-state index is -0.178. The van der Waals surface area contributed by atoms with Crippen LogP contribution in [0.25, 0.3) is 0 Å². The molecule has 0 radical (unpaired) electrons. The van der Waals surface area contributed by atoms with Gasteiger partial charge < -0.3 is 0 Å². The molecule has 0 aromatic heterocycles. The Labute approximate surface area is 83.1 Å². The Hall–Kier alpha value is 0.660. The van der Waals surface area contributed by atoms with Gasteiger partial charge in [0.1, 0.15) is 0 Å². The SMILES string of the molecule is CCCC(C)(I)CC(C)CF. The lowest BCUT2D eigenvalue weighted by Gasteiger charge is -2.24. The zero-order valence-corrected chi connectivity index (χ0v) is 9.82. The van der Waals surface area contributed by atoms with E-state index in [0.29, 0.717) is 3.42 Å². The number of hydrogen-bond acceptors (Lipinski definition) is 0. The van der Waals surface area contributed by atoms with E-state index < -0.39 is 0 Å². The highest BCUT2D eigenvalue weighted by Crippen LogP contribution is 2.31. The van der Waals surface area contributed by atoms with Gasteiger partial charge in [0.15, 0.2) is 0 Å². The lowest BCUT2D eigenvalue weighted by atomic mass is 9.94. The van der Waals surface area contributed by atoms with Crippen molar-refractivity contribution in [2.24, 2.45) is 5.92 Å². The van der Waals surface area contributed by atoms with Crippen LogP contribution in [0, 0.1) is 5.92 Å². The highest BCUT2D eigenvalue weighted by Gasteiger charge is 2.21. The molecule has 2 atom stereocenters. The molecule has 0 saturated carbocycles. The first-order valence-corrected chi connectivity index (χ1v) is 5.34. The molecule has 0 aromatic carbocycles. The standard InChI is InChI=1S/C9H18FI/c1-4-5-9(3,11)6-8(2)7-10/h8H,4-7H2,1-3H3. The van der Waals surface area contributed by atoms with Gasteiger partial charge in [-0.2, -0.15) is 0 Å². The molecule has 0 nitrogen and oxygen atoms in total. The lowest BCUT2D eigenvalue weighted by molar-refractivity contribution is 0.338. The van der Waals surface area contributed by atoms with Crippen LogP contribution in [-0.4, -0.2) is 10.1 Å². The fourth-order valence-corrected chi connectivity index (χ4v) is 2.70. The molecule has 0 rings (SSSR count). The molecule has 0 spiro atoms. The van der Waals surface area contributed by atoms with Gasteiger partial charge in [-0.15, -0.1) is 0 Å². The topological polar surface area (TPSA) is 0 Å². The van der Waals surface area contributed by atoms with Crippen molar-refractivity contribution in [2.75, 3.05) is 6.67 Å². The van der Waals surface area contributed by atoms with Crippen LogP contribution < -0.4 is 0 Å². The summed E-state index contributed by atoms with van der Waals surface area (Å²) >= 11 is 2.45. The molecule has 0 N–H and O–H groups in total. The van der Waals surface area contributed by atoms with Crippen LogP contribution in [-0.2, 0) is 0 Å². The van der Waals surface area contributed by atoms with E-state index in [-0.39, 0.29) is 12.6 Å². The molecule has 0 aliphatic heterocycles. The largest absolute Gasteiger partial charge is 0.251 e. The highest BCUT2D eigenvalue weighted by atomic mass is 127. The maximum atomic E-state index is 12.2. The Balaban J connectivity index is 3.70. The summed E-state index contributed by atoms with van der Waals surface area (Å²) < 4.78 is 12.5. The van der Waals surface area contributed by atoms with Gasteiger partial charge in [-0.25, -0.2) is 0 Å². The zero-order valence-electron chi connectivity index (χ0n) is 7.66. The Morgan fingerprint density at radius 1 is 1.55 bits per heavy atom. The fourth-order valence-electron chi connectivity index (χ4n) is 1.40. The average Bonchev–Trinajstić information content (AvgIpc) is 1.86. The summed E-state index contributed by atoms with van der Waals surface area (Å²) in [5, 5.41) is 0. The van der Waals surface area contributed by atoms with Gasteiger partial charge in [0.25, 0.3) is 0 Å². The van der Waals surface area contributed by atoms with E-state index >= 15 is 0 Å². The molecule has 2 heteroatoms. The van der Waals surface area contributed by atoms with Crippen LogP contribution >= 0.6 is 22.6 Å². The van der Waals surface area contributed by atoms with Gasteiger partial charge in [-0.1, -0.05) is 49.8 Å². The van der Waals surface area contributed by atoms with Crippen molar-refractivity contribution in [2.45, 2.75) is 43.5 Å². The van der Waals surface area contributed by atoms with Gasteiger partial charge in [0.05, 0.1) is 6.67 Å². The third-order valence-electron chi connectivity index (χ3n) is 1.81. The second-order valence-electron chi connectivity index (χ2n) is 3.63. The second-order valence-corrected chi connectivity index (χ2v) is 6.23. The van der Waals surface area contributed by atoms with E-state index in [9.17, 15) is 4.39 Å². The number of halogens is 2. The van der Waals surface area contributed by atoms with Crippen molar-refractivity contribution < 1.29 is 4.39 Å². The maximum absolute atomic E-state index is 12.2. The number of hydrogen-bond donors (Lipinski definition) is 0. The summed E-state index contributed by atoms with van der Waals surface area (Å²) in [6.45, 7) is 6.19. The van der Waals surface area contributed by atoms with E-state index in [1.165, 1.54) is 12.8 Å². The van der Waals surface area contributed by atoms with Crippen molar-refractivity contribution in [3.05, 3.63) is 0 Å². The monoisotopic (exact) mass is 272 g/mol. The van der Waals surface area contributed by atoms with Gasteiger partial charge in [0, 0.05) is 3.42 Å². The minimum Gasteiger partial charge on any atom is -0.251 e. The van der Waals surface area contributed by atoms with Gasteiger partial charge in [0.2, 0.25) is 0 Å². The van der Waals surface area contributed by atoms with Crippen molar-refractivity contribution >= 4 is 22.6 Å². The molecule has 0 aromatic rings. The fraction of sp³-hybridized carbons (Fsp3) is 1.00. The lowest BCUT2D eigenvalue weighted by Crippen LogP contribution is -2.19. The molecule has 0 saturated heterocycles. The Kier molecular flexibility index (Phi) is 5.65. The van der Waals surface area contributed by atoms with Crippen molar-refractivity contribution in [3.8, 4) is 0 Å². The van der Waals surface area contributed by atoms with Crippen molar-refractivity contribution in [3.63, 3.8) is 0 Å². The Bertz CT molecular complexity index is 102. The second kappa shape index (κ2) is 5.33. The van der Waals surface area contributed by atoms with Gasteiger partial charge in [-0.05, 0) is 18.8 Å². The first kappa shape index (κ1) is 11.7. The molecule has 68 valence electrons. The van der Waals surface area contributed by atoms with E-state index in [1.54, 1.807) is 0 Å². The minimum absolute atomic E-state index is 0.178. The number of alkyl halides is 2. The normalized spacial score (nSPS) is 19.4. The molecule has 0 aliphatic rings. The Morgan fingerprint density at radius 3 is 2.45 bits per heavy atom. The first-order valence-electron chi connectivity index (χ1n) is 4.26. The molecule has 0 aliphatic carbocycles. The number of rotatable bonds is 5. The van der Waals surface area contributed by atoms with Gasteiger partial charge >= 0.3 is 0 Å². The molecular formula is C9H18FI. The molecule has 2 unspecified atom stereocenters. The van der Waals surface area contributed by atoms with E-state index in [0.717, 1.165) is 6.42 Å². The summed E-state index contributed by atoms with van der Waals surface area (Å²) in [7, 11) is 0. The van der Waals surface area contributed by atoms with Gasteiger partial charge in [-0.3, -0.25) is 4.39 Å².